The maximum absolute atomic E-state index is 15.9. The fourth-order valence-corrected chi connectivity index (χ4v) is 7.49. The summed E-state index contributed by atoms with van der Waals surface area (Å²) in [5.41, 5.74) is -0.333. The minimum atomic E-state index is -1.33. The smallest absolute Gasteiger partial charge is 0.335 e. The van der Waals surface area contributed by atoms with Crippen molar-refractivity contribution >= 4 is 52.4 Å². The van der Waals surface area contributed by atoms with Gasteiger partial charge < -0.3 is 15.7 Å². The minimum Gasteiger partial charge on any atom is -0.478 e. The Labute approximate surface area is 240 Å². The van der Waals surface area contributed by atoms with E-state index in [0.717, 1.165) is 19.3 Å². The molecule has 3 atom stereocenters. The predicted octanol–water partition coefficient (Wildman–Crippen LogP) is 6.12. The van der Waals surface area contributed by atoms with Crippen molar-refractivity contribution in [2.45, 2.75) is 55.0 Å². The van der Waals surface area contributed by atoms with Gasteiger partial charge in [-0.3, -0.25) is 14.9 Å². The molecule has 0 aromatic heterocycles. The van der Waals surface area contributed by atoms with Crippen molar-refractivity contribution in [3.05, 3.63) is 93.2 Å². The number of anilines is 2. The summed E-state index contributed by atoms with van der Waals surface area (Å²) in [7, 11) is 0. The van der Waals surface area contributed by atoms with E-state index in [2.05, 4.69) is 16.0 Å². The topological polar surface area (TPSA) is 108 Å². The number of carbonyl (C=O) groups excluding carboxylic acids is 2. The summed E-state index contributed by atoms with van der Waals surface area (Å²) in [5, 5.41) is 19.0. The minimum absolute atomic E-state index is 0.0777. The van der Waals surface area contributed by atoms with E-state index in [1.165, 1.54) is 30.3 Å². The van der Waals surface area contributed by atoms with Gasteiger partial charge >= 0.3 is 5.97 Å². The highest BCUT2D eigenvalue weighted by Gasteiger charge is 2.72. The first-order chi connectivity index (χ1) is 19.2. The highest BCUT2D eigenvalue weighted by Crippen LogP contribution is 2.62. The first-order valence-electron chi connectivity index (χ1n) is 13.2. The van der Waals surface area contributed by atoms with Gasteiger partial charge in [-0.05, 0) is 66.4 Å². The molecular formula is C30H26Cl2FN3O4. The summed E-state index contributed by atoms with van der Waals surface area (Å²) >= 11 is 12.6. The zero-order valence-electron chi connectivity index (χ0n) is 21.3. The Balaban J connectivity index is 1.54. The third-order valence-electron chi connectivity index (χ3n) is 8.70. The van der Waals surface area contributed by atoms with Crippen LogP contribution in [0.15, 0.2) is 60.7 Å². The molecule has 6 rings (SSSR count). The molecule has 1 saturated heterocycles. The average Bonchev–Trinajstić information content (AvgIpc) is 3.38. The van der Waals surface area contributed by atoms with E-state index >= 15 is 4.39 Å². The average molecular weight is 582 g/mol. The van der Waals surface area contributed by atoms with Crippen molar-refractivity contribution in [3.8, 4) is 0 Å². The zero-order chi connectivity index (χ0) is 28.2. The predicted molar refractivity (Wildman–Crippen MR) is 151 cm³/mol. The molecule has 2 fully saturated rings. The first-order valence-corrected chi connectivity index (χ1v) is 13.9. The molecule has 1 aliphatic carbocycles. The molecule has 2 aliphatic heterocycles. The van der Waals surface area contributed by atoms with Crippen LogP contribution in [0.5, 0.6) is 0 Å². The first kappa shape index (κ1) is 26.7. The molecule has 3 aromatic carbocycles. The van der Waals surface area contributed by atoms with Crippen LogP contribution in [-0.4, -0.2) is 34.5 Å². The number of carbonyl (C=O) groups is 3. The summed E-state index contributed by atoms with van der Waals surface area (Å²) in [6, 6.07) is 14.6. The molecule has 3 aromatic rings. The fraction of sp³-hybridized carbons (Fsp3) is 0.300. The zero-order valence-corrected chi connectivity index (χ0v) is 22.8. The van der Waals surface area contributed by atoms with Gasteiger partial charge in [0.2, 0.25) is 11.8 Å². The van der Waals surface area contributed by atoms with Crippen LogP contribution in [0.25, 0.3) is 0 Å². The number of carboxylic acids is 1. The van der Waals surface area contributed by atoms with Crippen LogP contribution in [0.1, 0.15) is 59.5 Å². The Kier molecular flexibility index (Phi) is 6.60. The summed E-state index contributed by atoms with van der Waals surface area (Å²) in [5.74, 6) is -3.50. The van der Waals surface area contributed by atoms with Crippen molar-refractivity contribution < 1.29 is 23.9 Å². The van der Waals surface area contributed by atoms with E-state index in [9.17, 15) is 19.5 Å². The number of carboxylic acid groups (broad SMARTS) is 1. The number of aromatic carboxylic acids is 1. The normalized spacial score (nSPS) is 24.6. The third-order valence-corrected chi connectivity index (χ3v) is 9.23. The molecule has 1 saturated carbocycles. The summed E-state index contributed by atoms with van der Waals surface area (Å²) in [6.07, 6.45) is 3.87. The molecular weight excluding hydrogens is 556 g/mol. The standard InChI is InChI=1S/C30H26Cl2FN3O4/c31-17-9-12-20-22(15-17)35-28(40)30(20)23(19-5-4-6-21(32)24(19)33)25(36-29(30)13-2-1-3-14-29)26(37)34-18-10-7-16(8-11-18)27(38)39/h4-12,15,23,25,36H,1-3,13-14H2,(H,34,37)(H,35,40)(H,38,39). The van der Waals surface area contributed by atoms with Gasteiger partial charge in [-0.1, -0.05) is 60.7 Å². The molecule has 40 heavy (non-hydrogen) atoms. The number of rotatable bonds is 4. The Morgan fingerprint density at radius 1 is 1.00 bits per heavy atom. The Morgan fingerprint density at radius 3 is 2.42 bits per heavy atom. The van der Waals surface area contributed by atoms with Crippen LogP contribution < -0.4 is 16.0 Å². The van der Waals surface area contributed by atoms with Crippen LogP contribution >= 0.6 is 23.2 Å². The molecule has 3 aliphatic rings. The summed E-state index contributed by atoms with van der Waals surface area (Å²) < 4.78 is 15.9. The maximum atomic E-state index is 15.9. The number of nitrogens with one attached hydrogen (secondary N) is 3. The molecule has 0 radical (unpaired) electrons. The Morgan fingerprint density at radius 2 is 1.73 bits per heavy atom. The molecule has 7 nitrogen and oxygen atoms in total. The lowest BCUT2D eigenvalue weighted by Crippen LogP contribution is -2.60. The van der Waals surface area contributed by atoms with Gasteiger partial charge in [0.25, 0.3) is 0 Å². The largest absolute Gasteiger partial charge is 0.478 e. The Bertz CT molecular complexity index is 1540. The highest BCUT2D eigenvalue weighted by atomic mass is 35.5. The van der Waals surface area contributed by atoms with E-state index in [-0.39, 0.29) is 22.1 Å². The highest BCUT2D eigenvalue weighted by molar-refractivity contribution is 6.31. The van der Waals surface area contributed by atoms with Gasteiger partial charge in [0.05, 0.1) is 16.6 Å². The maximum Gasteiger partial charge on any atom is 0.335 e. The number of halogens is 3. The second-order valence-corrected chi connectivity index (χ2v) is 11.6. The van der Waals surface area contributed by atoms with Crippen molar-refractivity contribution in [1.29, 1.82) is 0 Å². The van der Waals surface area contributed by atoms with Crippen molar-refractivity contribution in [2.75, 3.05) is 10.6 Å². The molecule has 2 spiro atoms. The quantitative estimate of drug-likeness (QED) is 0.297. The summed E-state index contributed by atoms with van der Waals surface area (Å²) in [6.45, 7) is 0. The van der Waals surface area contributed by atoms with Crippen molar-refractivity contribution in [2.24, 2.45) is 0 Å². The van der Waals surface area contributed by atoms with Crippen molar-refractivity contribution in [1.82, 2.24) is 5.32 Å². The lowest BCUT2D eigenvalue weighted by atomic mass is 9.55. The van der Waals surface area contributed by atoms with Gasteiger partial charge in [0, 0.05) is 27.9 Å². The second kappa shape index (κ2) is 9.87. The van der Waals surface area contributed by atoms with Gasteiger partial charge in [0.15, 0.2) is 0 Å². The van der Waals surface area contributed by atoms with Crippen LogP contribution in [-0.2, 0) is 15.0 Å². The van der Waals surface area contributed by atoms with E-state index in [4.69, 9.17) is 23.2 Å². The van der Waals surface area contributed by atoms with E-state index in [1.54, 1.807) is 30.3 Å². The molecule has 10 heteroatoms. The summed E-state index contributed by atoms with van der Waals surface area (Å²) in [4.78, 5) is 39.6. The number of amides is 2. The molecule has 0 bridgehead atoms. The van der Waals surface area contributed by atoms with Crippen LogP contribution in [0.4, 0.5) is 15.8 Å². The lowest BCUT2D eigenvalue weighted by Gasteiger charge is -2.47. The SMILES string of the molecule is O=C(O)c1ccc(NC(=O)C2NC3(CCCCC3)C3(C(=O)Nc4cc(Cl)ccc43)C2c2cccc(Cl)c2F)cc1. The lowest BCUT2D eigenvalue weighted by molar-refractivity contribution is -0.124. The fourth-order valence-electron chi connectivity index (χ4n) is 7.13. The number of hydrogen-bond donors (Lipinski definition) is 4. The molecule has 4 N–H and O–H groups in total. The van der Waals surface area contributed by atoms with E-state index in [1.807, 2.05) is 0 Å². The van der Waals surface area contributed by atoms with E-state index < -0.39 is 40.6 Å². The number of fused-ring (bicyclic) bond motifs is 3. The van der Waals surface area contributed by atoms with Gasteiger partial charge in [-0.2, -0.15) is 0 Å². The number of benzene rings is 3. The van der Waals surface area contributed by atoms with Gasteiger partial charge in [-0.15, -0.1) is 0 Å². The Hall–Kier alpha value is -3.46. The molecule has 2 heterocycles. The molecule has 2 amide bonds. The van der Waals surface area contributed by atoms with Crippen LogP contribution in [0.3, 0.4) is 0 Å². The van der Waals surface area contributed by atoms with Gasteiger partial charge in [0.1, 0.15) is 11.2 Å². The van der Waals surface area contributed by atoms with Crippen molar-refractivity contribution in [3.63, 3.8) is 0 Å². The number of hydrogen-bond acceptors (Lipinski definition) is 4. The monoisotopic (exact) mass is 581 g/mol. The molecule has 206 valence electrons. The molecule has 3 unspecified atom stereocenters. The van der Waals surface area contributed by atoms with Crippen LogP contribution in [0, 0.1) is 5.82 Å². The van der Waals surface area contributed by atoms with Gasteiger partial charge in [-0.25, -0.2) is 9.18 Å². The van der Waals surface area contributed by atoms with Crippen LogP contribution in [0.2, 0.25) is 10.0 Å². The third kappa shape index (κ3) is 3.92. The van der Waals surface area contributed by atoms with E-state index in [0.29, 0.717) is 34.8 Å². The second-order valence-electron chi connectivity index (χ2n) is 10.7.